The highest BCUT2D eigenvalue weighted by atomic mass is 79.9. The van der Waals surface area contributed by atoms with Crippen LogP contribution in [0.1, 0.15) is 30.0 Å². The number of amides is 2. The Balaban J connectivity index is 2.29. The number of carbonyl (C=O) groups is 3. The first kappa shape index (κ1) is 20.4. The van der Waals surface area contributed by atoms with Gasteiger partial charge in [0.05, 0.1) is 0 Å². The third-order valence-corrected chi connectivity index (χ3v) is 4.05. The van der Waals surface area contributed by atoms with Gasteiger partial charge in [-0.3, -0.25) is 9.59 Å². The van der Waals surface area contributed by atoms with E-state index in [9.17, 15) is 19.5 Å². The first-order valence-electron chi connectivity index (χ1n) is 8.15. The Morgan fingerprint density at radius 2 is 1.78 bits per heavy atom. The number of benzene rings is 1. The number of carboxylic acid groups (broad SMARTS) is 1. The van der Waals surface area contributed by atoms with E-state index in [0.29, 0.717) is 10.2 Å². The van der Waals surface area contributed by atoms with Crippen molar-refractivity contribution in [2.75, 3.05) is 0 Å². The van der Waals surface area contributed by atoms with Gasteiger partial charge >= 0.3 is 5.97 Å². The van der Waals surface area contributed by atoms with E-state index in [1.165, 1.54) is 12.1 Å². The molecule has 1 atom stereocenters. The van der Waals surface area contributed by atoms with E-state index in [4.69, 9.17) is 4.42 Å². The number of hydrogen-bond acceptors (Lipinski definition) is 4. The monoisotopic (exact) mass is 434 g/mol. The lowest BCUT2D eigenvalue weighted by atomic mass is 10.0. The summed E-state index contributed by atoms with van der Waals surface area (Å²) in [6.45, 7) is 3.36. The second kappa shape index (κ2) is 9.18. The van der Waals surface area contributed by atoms with Gasteiger partial charge in [0, 0.05) is 0 Å². The smallest absolute Gasteiger partial charge is 0.326 e. The highest BCUT2D eigenvalue weighted by Crippen LogP contribution is 2.15. The molecule has 2 aromatic rings. The van der Waals surface area contributed by atoms with Gasteiger partial charge in [0.2, 0.25) is 0 Å². The van der Waals surface area contributed by atoms with Crippen LogP contribution >= 0.6 is 15.9 Å². The molecule has 7 nitrogen and oxygen atoms in total. The molecule has 0 fully saturated rings. The number of carboxylic acids is 1. The van der Waals surface area contributed by atoms with E-state index in [2.05, 4.69) is 26.6 Å². The molecular formula is C19H19BrN2O5. The van der Waals surface area contributed by atoms with Crippen LogP contribution in [0.4, 0.5) is 0 Å². The molecule has 1 heterocycles. The molecular weight excluding hydrogens is 416 g/mol. The molecule has 3 N–H and O–H groups in total. The zero-order valence-electron chi connectivity index (χ0n) is 14.7. The van der Waals surface area contributed by atoms with Gasteiger partial charge < -0.3 is 20.2 Å². The predicted molar refractivity (Wildman–Crippen MR) is 103 cm³/mol. The maximum atomic E-state index is 12.6. The molecule has 0 bridgehead atoms. The standard InChI is InChI=1S/C19H19BrN2O5/c1-11(2)16(19(25)26)22-17(23)13(10-12-6-4-3-5-7-12)21-18(24)14-8-9-15(20)27-14/h3-11,16H,1-2H3,(H,21,24)(H,22,23)(H,25,26)/b13-10+/t16-/m1/s1. The maximum absolute atomic E-state index is 12.6. The Bertz CT molecular complexity index is 858. The number of furan rings is 1. The molecule has 0 saturated heterocycles. The Labute approximate surface area is 164 Å². The summed E-state index contributed by atoms with van der Waals surface area (Å²) in [6.07, 6.45) is 1.46. The number of halogens is 1. The number of rotatable bonds is 7. The Hall–Kier alpha value is -2.87. The molecule has 2 rings (SSSR count). The minimum absolute atomic E-state index is 0.00674. The van der Waals surface area contributed by atoms with Crippen LogP contribution in [0, 0.1) is 5.92 Å². The predicted octanol–water partition coefficient (Wildman–Crippen LogP) is 3.04. The summed E-state index contributed by atoms with van der Waals surface area (Å²) >= 11 is 3.11. The van der Waals surface area contributed by atoms with Crippen LogP contribution in [-0.4, -0.2) is 28.9 Å². The van der Waals surface area contributed by atoms with Gasteiger partial charge in [-0.05, 0) is 45.6 Å². The zero-order chi connectivity index (χ0) is 20.0. The van der Waals surface area contributed by atoms with Gasteiger partial charge in [-0.15, -0.1) is 0 Å². The van der Waals surface area contributed by atoms with Crippen molar-refractivity contribution in [3.8, 4) is 0 Å². The molecule has 0 unspecified atom stereocenters. The lowest BCUT2D eigenvalue weighted by Crippen LogP contribution is -2.47. The summed E-state index contributed by atoms with van der Waals surface area (Å²) in [7, 11) is 0. The fourth-order valence-corrected chi connectivity index (χ4v) is 2.53. The van der Waals surface area contributed by atoms with Crippen LogP contribution in [0.5, 0.6) is 0 Å². The van der Waals surface area contributed by atoms with Crippen molar-refractivity contribution < 1.29 is 23.9 Å². The van der Waals surface area contributed by atoms with Crippen molar-refractivity contribution in [1.82, 2.24) is 10.6 Å². The lowest BCUT2D eigenvalue weighted by molar-refractivity contribution is -0.142. The fourth-order valence-electron chi connectivity index (χ4n) is 2.23. The van der Waals surface area contributed by atoms with E-state index in [-0.39, 0.29) is 17.4 Å². The average Bonchev–Trinajstić information content (AvgIpc) is 3.05. The largest absolute Gasteiger partial charge is 0.480 e. The highest BCUT2D eigenvalue weighted by molar-refractivity contribution is 9.10. The van der Waals surface area contributed by atoms with E-state index < -0.39 is 23.8 Å². The summed E-state index contributed by atoms with van der Waals surface area (Å²) in [5, 5.41) is 14.2. The number of hydrogen-bond donors (Lipinski definition) is 3. The second-order valence-corrected chi connectivity index (χ2v) is 6.84. The van der Waals surface area contributed by atoms with Crippen LogP contribution in [0.2, 0.25) is 0 Å². The van der Waals surface area contributed by atoms with Crippen molar-refractivity contribution in [1.29, 1.82) is 0 Å². The molecule has 0 aliphatic rings. The van der Waals surface area contributed by atoms with Crippen LogP contribution in [0.15, 0.2) is 57.2 Å². The topological polar surface area (TPSA) is 109 Å². The normalized spacial score (nSPS) is 12.5. The van der Waals surface area contributed by atoms with Gasteiger partial charge in [0.15, 0.2) is 10.4 Å². The Morgan fingerprint density at radius 1 is 1.11 bits per heavy atom. The Kier molecular flexibility index (Phi) is 6.95. The second-order valence-electron chi connectivity index (χ2n) is 6.06. The SMILES string of the molecule is CC(C)[C@@H](NC(=O)/C(=C\c1ccccc1)NC(=O)c1ccc(Br)o1)C(=O)O. The molecule has 1 aromatic heterocycles. The maximum Gasteiger partial charge on any atom is 0.326 e. The molecule has 2 amide bonds. The molecule has 0 aliphatic heterocycles. The fraction of sp³-hybridized carbons (Fsp3) is 0.211. The van der Waals surface area contributed by atoms with Crippen molar-refractivity contribution in [2.24, 2.45) is 5.92 Å². The van der Waals surface area contributed by atoms with E-state index >= 15 is 0 Å². The summed E-state index contributed by atoms with van der Waals surface area (Å²) < 4.78 is 5.56. The molecule has 0 saturated carbocycles. The summed E-state index contributed by atoms with van der Waals surface area (Å²) in [6, 6.07) is 10.8. The van der Waals surface area contributed by atoms with Crippen molar-refractivity contribution in [2.45, 2.75) is 19.9 Å². The quantitative estimate of drug-likeness (QED) is 0.580. The lowest BCUT2D eigenvalue weighted by Gasteiger charge is -2.19. The first-order valence-corrected chi connectivity index (χ1v) is 8.94. The summed E-state index contributed by atoms with van der Waals surface area (Å²) in [4.78, 5) is 36.4. The van der Waals surface area contributed by atoms with Crippen LogP contribution in [0.3, 0.4) is 0 Å². The third kappa shape index (κ3) is 5.82. The molecule has 0 radical (unpaired) electrons. The Morgan fingerprint density at radius 3 is 2.30 bits per heavy atom. The zero-order valence-corrected chi connectivity index (χ0v) is 16.3. The van der Waals surface area contributed by atoms with Crippen molar-refractivity contribution >= 4 is 39.8 Å². The van der Waals surface area contributed by atoms with Crippen molar-refractivity contribution in [3.63, 3.8) is 0 Å². The third-order valence-electron chi connectivity index (χ3n) is 3.62. The minimum atomic E-state index is -1.15. The van der Waals surface area contributed by atoms with Crippen LogP contribution < -0.4 is 10.6 Å². The van der Waals surface area contributed by atoms with Gasteiger partial charge in [0.25, 0.3) is 11.8 Å². The van der Waals surface area contributed by atoms with Crippen molar-refractivity contribution in [3.05, 3.63) is 64.2 Å². The molecule has 142 valence electrons. The summed E-state index contributed by atoms with van der Waals surface area (Å²) in [5.41, 5.74) is 0.575. The molecule has 8 heteroatoms. The van der Waals surface area contributed by atoms with Gasteiger partial charge in [-0.1, -0.05) is 44.2 Å². The first-order chi connectivity index (χ1) is 12.8. The van der Waals surface area contributed by atoms with Crippen LogP contribution in [-0.2, 0) is 9.59 Å². The van der Waals surface area contributed by atoms with E-state index in [1.807, 2.05) is 6.07 Å². The average molecular weight is 435 g/mol. The number of aliphatic carboxylic acids is 1. The van der Waals surface area contributed by atoms with Crippen LogP contribution in [0.25, 0.3) is 6.08 Å². The van der Waals surface area contributed by atoms with E-state index in [1.54, 1.807) is 44.2 Å². The van der Waals surface area contributed by atoms with Gasteiger partial charge in [-0.25, -0.2) is 4.79 Å². The summed E-state index contributed by atoms with van der Waals surface area (Å²) in [5.74, 6) is -2.82. The van der Waals surface area contributed by atoms with E-state index in [0.717, 1.165) is 0 Å². The molecule has 0 aliphatic carbocycles. The minimum Gasteiger partial charge on any atom is -0.480 e. The number of carbonyl (C=O) groups excluding carboxylic acids is 2. The molecule has 1 aromatic carbocycles. The number of nitrogens with one attached hydrogen (secondary N) is 2. The van der Waals surface area contributed by atoms with Gasteiger partial charge in [-0.2, -0.15) is 0 Å². The highest BCUT2D eigenvalue weighted by Gasteiger charge is 2.26. The molecule has 27 heavy (non-hydrogen) atoms. The van der Waals surface area contributed by atoms with Gasteiger partial charge in [0.1, 0.15) is 11.7 Å². The molecule has 0 spiro atoms.